The van der Waals surface area contributed by atoms with Crippen molar-refractivity contribution in [2.45, 2.75) is 57.6 Å². The van der Waals surface area contributed by atoms with Gasteiger partial charge in [-0.3, -0.25) is 19.2 Å². The van der Waals surface area contributed by atoms with Gasteiger partial charge in [0, 0.05) is 23.7 Å². The van der Waals surface area contributed by atoms with Gasteiger partial charge < -0.3 is 40.0 Å². The summed E-state index contributed by atoms with van der Waals surface area (Å²) in [5.74, 6) is -2.79. The molecule has 14 heteroatoms. The molecule has 3 amide bonds. The van der Waals surface area contributed by atoms with Crippen molar-refractivity contribution in [1.29, 1.82) is 0 Å². The summed E-state index contributed by atoms with van der Waals surface area (Å²) in [6.07, 6.45) is 0.0154. The predicted molar refractivity (Wildman–Crippen MR) is 163 cm³/mol. The molecule has 5 N–H and O–H groups in total. The maximum atomic E-state index is 14.3. The highest BCUT2D eigenvalue weighted by atomic mass is 16.5. The van der Waals surface area contributed by atoms with Crippen LogP contribution >= 0.6 is 0 Å². The molecule has 3 aliphatic heterocycles. The standard InChI is InChI=1S/C31H31B2N3O9/c1-17(34-29(39)19-6-8-22-15-44-32(42)25(22)11-19)28(35-30(40)20-7-9-23-16-45-33(43)26(23)12-20)31(41)36-14-21-5-3-2-4-18(21)10-24(36)13-27(37)38/h2-9,11-12,17,24,28,42-43H,10,13-16H2,1H3,(H,34,39)(H,35,40)(H,37,38)/t17?,24-,28?/m1/s1. The average Bonchev–Trinajstić information content (AvgIpc) is 3.59. The zero-order valence-corrected chi connectivity index (χ0v) is 24.4. The quantitative estimate of drug-likeness (QED) is 0.210. The molecular weight excluding hydrogens is 580 g/mol. The van der Waals surface area contributed by atoms with Crippen molar-refractivity contribution in [3.05, 3.63) is 94.0 Å². The minimum atomic E-state index is -1.29. The van der Waals surface area contributed by atoms with E-state index in [1.54, 1.807) is 31.2 Å². The van der Waals surface area contributed by atoms with Gasteiger partial charge in [-0.1, -0.05) is 36.4 Å². The van der Waals surface area contributed by atoms with Crippen molar-refractivity contribution in [3.8, 4) is 0 Å². The van der Waals surface area contributed by atoms with E-state index in [1.165, 1.54) is 17.0 Å². The van der Waals surface area contributed by atoms with E-state index in [2.05, 4.69) is 10.6 Å². The lowest BCUT2D eigenvalue weighted by Gasteiger charge is -2.39. The molecule has 3 aromatic carbocycles. The van der Waals surface area contributed by atoms with Gasteiger partial charge in [0.05, 0.1) is 25.7 Å². The third-order valence-corrected chi connectivity index (χ3v) is 8.60. The molecule has 0 aliphatic carbocycles. The van der Waals surface area contributed by atoms with E-state index in [1.807, 2.05) is 24.3 Å². The normalized spacial score (nSPS) is 18.0. The van der Waals surface area contributed by atoms with Gasteiger partial charge >= 0.3 is 20.2 Å². The van der Waals surface area contributed by atoms with Crippen LogP contribution in [-0.2, 0) is 45.1 Å². The number of nitrogens with one attached hydrogen (secondary N) is 2. The van der Waals surface area contributed by atoms with E-state index in [9.17, 15) is 34.3 Å². The number of benzene rings is 3. The summed E-state index contributed by atoms with van der Waals surface area (Å²) >= 11 is 0. The van der Waals surface area contributed by atoms with Crippen LogP contribution < -0.4 is 21.6 Å². The van der Waals surface area contributed by atoms with Crippen molar-refractivity contribution < 1.29 is 43.6 Å². The Kier molecular flexibility index (Phi) is 8.47. The largest absolute Gasteiger partial charge is 0.491 e. The summed E-state index contributed by atoms with van der Waals surface area (Å²) in [6.45, 7) is 2.14. The number of carbonyl (C=O) groups excluding carboxylic acids is 3. The molecule has 0 saturated heterocycles. The number of aliphatic carboxylic acids is 1. The number of hydrogen-bond acceptors (Lipinski definition) is 8. The second-order valence-electron chi connectivity index (χ2n) is 11.6. The van der Waals surface area contributed by atoms with Gasteiger partial charge in [-0.05, 0) is 70.8 Å². The Morgan fingerprint density at radius 2 is 1.40 bits per heavy atom. The molecule has 0 aromatic heterocycles. The van der Waals surface area contributed by atoms with Crippen molar-refractivity contribution in [1.82, 2.24) is 15.5 Å². The van der Waals surface area contributed by atoms with Gasteiger partial charge in [-0.25, -0.2) is 0 Å². The fourth-order valence-electron chi connectivity index (χ4n) is 6.12. The maximum absolute atomic E-state index is 14.3. The highest BCUT2D eigenvalue weighted by Crippen LogP contribution is 2.26. The molecule has 3 aliphatic rings. The van der Waals surface area contributed by atoms with Crippen molar-refractivity contribution in [3.63, 3.8) is 0 Å². The molecule has 45 heavy (non-hydrogen) atoms. The number of nitrogens with zero attached hydrogens (tertiary/aromatic N) is 1. The predicted octanol–water partition coefficient (Wildman–Crippen LogP) is -0.533. The number of hydrogen-bond donors (Lipinski definition) is 5. The van der Waals surface area contributed by atoms with Gasteiger partial charge in [0.2, 0.25) is 5.91 Å². The lowest BCUT2D eigenvalue weighted by Crippen LogP contribution is -2.60. The average molecular weight is 611 g/mol. The molecule has 12 nitrogen and oxygen atoms in total. The zero-order valence-electron chi connectivity index (χ0n) is 24.4. The molecule has 0 fully saturated rings. The fraction of sp³-hybridized carbons (Fsp3) is 0.290. The van der Waals surface area contributed by atoms with Crippen molar-refractivity contribution in [2.75, 3.05) is 0 Å². The Labute approximate surface area is 259 Å². The van der Waals surface area contributed by atoms with Gasteiger partial charge in [-0.2, -0.15) is 0 Å². The second kappa shape index (κ2) is 12.5. The van der Waals surface area contributed by atoms with Crippen LogP contribution in [0.5, 0.6) is 0 Å². The molecule has 0 radical (unpaired) electrons. The third-order valence-electron chi connectivity index (χ3n) is 8.60. The minimum Gasteiger partial charge on any atom is -0.481 e. The van der Waals surface area contributed by atoms with Crippen molar-refractivity contribution >= 4 is 48.9 Å². The number of carboxylic acid groups (broad SMARTS) is 1. The number of amides is 3. The monoisotopic (exact) mass is 611 g/mol. The molecule has 2 unspecified atom stereocenters. The SMILES string of the molecule is CC(NC(=O)c1ccc2c(c1)B(O)OC2)C(NC(=O)c1ccc2c(c1)B(O)OC2)C(=O)N1Cc2ccccc2C[C@@H]1CC(=O)O. The Balaban J connectivity index is 1.29. The second-order valence-corrected chi connectivity index (χ2v) is 11.6. The topological polar surface area (TPSA) is 175 Å². The molecule has 6 rings (SSSR count). The summed E-state index contributed by atoms with van der Waals surface area (Å²) in [5, 5.41) is 35.5. The lowest BCUT2D eigenvalue weighted by molar-refractivity contribution is -0.142. The molecule has 230 valence electrons. The van der Waals surface area contributed by atoms with Gasteiger partial charge in [0.15, 0.2) is 0 Å². The van der Waals surface area contributed by atoms with E-state index >= 15 is 0 Å². The summed E-state index contributed by atoms with van der Waals surface area (Å²) in [7, 11) is -2.33. The van der Waals surface area contributed by atoms with Crippen LogP contribution in [0.3, 0.4) is 0 Å². The van der Waals surface area contributed by atoms with Crippen molar-refractivity contribution in [2.24, 2.45) is 0 Å². The summed E-state index contributed by atoms with van der Waals surface area (Å²) in [5.41, 5.74) is 4.62. The van der Waals surface area contributed by atoms with Gasteiger partial charge in [0.1, 0.15) is 6.04 Å². The van der Waals surface area contributed by atoms with Crippen LogP contribution in [0.4, 0.5) is 0 Å². The smallest absolute Gasteiger partial charge is 0.481 e. The first-order valence-corrected chi connectivity index (χ1v) is 14.6. The van der Waals surface area contributed by atoms with E-state index in [0.29, 0.717) is 17.3 Å². The number of carbonyl (C=O) groups is 4. The first-order chi connectivity index (χ1) is 21.6. The maximum Gasteiger partial charge on any atom is 0.491 e. The minimum absolute atomic E-state index is 0.130. The Hall–Kier alpha value is -4.49. The van der Waals surface area contributed by atoms with Crippen LogP contribution in [0, 0.1) is 0 Å². The first-order valence-electron chi connectivity index (χ1n) is 14.6. The highest BCUT2D eigenvalue weighted by Gasteiger charge is 2.39. The van der Waals surface area contributed by atoms with Crippen LogP contribution in [-0.4, -0.2) is 76.1 Å². The van der Waals surface area contributed by atoms with E-state index in [0.717, 1.165) is 22.3 Å². The van der Waals surface area contributed by atoms with E-state index < -0.39 is 56.1 Å². The lowest BCUT2D eigenvalue weighted by atomic mass is 9.78. The summed E-state index contributed by atoms with van der Waals surface area (Å²) in [6, 6.07) is 14.1. The number of rotatable bonds is 8. The van der Waals surface area contributed by atoms with E-state index in [4.69, 9.17) is 9.31 Å². The summed E-state index contributed by atoms with van der Waals surface area (Å²) in [4.78, 5) is 54.5. The molecule has 0 saturated carbocycles. The summed E-state index contributed by atoms with van der Waals surface area (Å²) < 4.78 is 10.5. The van der Waals surface area contributed by atoms with Crippen LogP contribution in [0.2, 0.25) is 0 Å². The van der Waals surface area contributed by atoms with Gasteiger partial charge in [-0.15, -0.1) is 0 Å². The van der Waals surface area contributed by atoms with Crippen LogP contribution in [0.15, 0.2) is 60.7 Å². The molecule has 0 bridgehead atoms. The molecule has 3 heterocycles. The van der Waals surface area contributed by atoms with Gasteiger partial charge in [0.25, 0.3) is 11.8 Å². The zero-order chi connectivity index (χ0) is 31.8. The molecule has 3 aromatic rings. The first kappa shape index (κ1) is 30.5. The van der Waals surface area contributed by atoms with Crippen LogP contribution in [0.1, 0.15) is 56.3 Å². The fourth-order valence-corrected chi connectivity index (χ4v) is 6.12. The molecular formula is C31H31B2N3O9. The Bertz CT molecular complexity index is 1690. The molecule has 0 spiro atoms. The third kappa shape index (κ3) is 6.22. The van der Waals surface area contributed by atoms with Crippen LogP contribution in [0.25, 0.3) is 0 Å². The number of carboxylic acids is 1. The Morgan fingerprint density at radius 1 is 0.844 bits per heavy atom. The number of fused-ring (bicyclic) bond motifs is 3. The Morgan fingerprint density at radius 3 is 1.98 bits per heavy atom. The van der Waals surface area contributed by atoms with E-state index in [-0.39, 0.29) is 37.3 Å². The molecule has 3 atom stereocenters. The highest BCUT2D eigenvalue weighted by molar-refractivity contribution is 6.62.